The van der Waals surface area contributed by atoms with Crippen molar-refractivity contribution >= 4 is 17.5 Å². The number of rotatable bonds is 7. The lowest BCUT2D eigenvalue weighted by molar-refractivity contribution is -0.125. The van der Waals surface area contributed by atoms with Crippen molar-refractivity contribution in [2.45, 2.75) is 38.3 Å². The second kappa shape index (κ2) is 10.1. The van der Waals surface area contributed by atoms with Crippen LogP contribution < -0.4 is 10.1 Å². The Bertz CT molecular complexity index is 1070. The van der Waals surface area contributed by atoms with Gasteiger partial charge >= 0.3 is 0 Å². The van der Waals surface area contributed by atoms with Gasteiger partial charge in [-0.05, 0) is 43.5 Å². The van der Waals surface area contributed by atoms with E-state index in [1.54, 1.807) is 6.20 Å². The maximum absolute atomic E-state index is 13.4. The Kier molecular flexibility index (Phi) is 6.96. The largest absolute Gasteiger partial charge is 0.484 e. The number of pyridine rings is 1. The number of hydrogen-bond donors (Lipinski definition) is 1. The maximum atomic E-state index is 13.4. The van der Waals surface area contributed by atoms with Crippen LogP contribution in [0.15, 0.2) is 40.9 Å². The van der Waals surface area contributed by atoms with Gasteiger partial charge in [0.25, 0.3) is 5.91 Å². The molecule has 1 amide bonds. The number of halogens is 2. The Morgan fingerprint density at radius 3 is 2.84 bits per heavy atom. The van der Waals surface area contributed by atoms with E-state index in [4.69, 9.17) is 25.5 Å². The van der Waals surface area contributed by atoms with Crippen LogP contribution in [0.2, 0.25) is 5.02 Å². The number of aryl methyl sites for hydroxylation is 1. The number of nitrogens with zero attached hydrogens (tertiary/aromatic N) is 3. The fourth-order valence-electron chi connectivity index (χ4n) is 3.29. The molecule has 8 nitrogen and oxygen atoms in total. The monoisotopic (exact) mass is 460 g/mol. The zero-order valence-electron chi connectivity index (χ0n) is 17.4. The molecule has 0 bridgehead atoms. The molecule has 1 aromatic carbocycles. The average molecular weight is 461 g/mol. The number of aromatic nitrogens is 3. The highest BCUT2D eigenvalue weighted by molar-refractivity contribution is 6.30. The summed E-state index contributed by atoms with van der Waals surface area (Å²) in [5.74, 6) is 0.0985. The number of carbonyl (C=O) groups excluding carboxylic acids is 1. The molecule has 0 saturated carbocycles. The molecule has 1 fully saturated rings. The Labute approximate surface area is 189 Å². The van der Waals surface area contributed by atoms with Gasteiger partial charge < -0.3 is 19.2 Å². The van der Waals surface area contributed by atoms with Gasteiger partial charge in [0.2, 0.25) is 11.8 Å². The first-order valence-electron chi connectivity index (χ1n) is 10.3. The first-order valence-corrected chi connectivity index (χ1v) is 10.7. The topological polar surface area (TPSA) is 99.4 Å². The van der Waals surface area contributed by atoms with Crippen molar-refractivity contribution in [3.05, 3.63) is 59.0 Å². The van der Waals surface area contributed by atoms with Crippen molar-refractivity contribution in [1.29, 1.82) is 0 Å². The molecule has 0 unspecified atom stereocenters. The minimum atomic E-state index is -0.602. The first-order chi connectivity index (χ1) is 15.5. The summed E-state index contributed by atoms with van der Waals surface area (Å²) in [5.41, 5.74) is 1.74. The van der Waals surface area contributed by atoms with Crippen molar-refractivity contribution in [2.24, 2.45) is 0 Å². The van der Waals surface area contributed by atoms with Gasteiger partial charge in [-0.15, -0.1) is 10.2 Å². The highest BCUT2D eigenvalue weighted by Gasteiger charge is 2.28. The van der Waals surface area contributed by atoms with E-state index >= 15 is 0 Å². The van der Waals surface area contributed by atoms with E-state index in [1.807, 2.05) is 19.1 Å². The summed E-state index contributed by atoms with van der Waals surface area (Å²) in [5, 5.41) is 11.0. The van der Waals surface area contributed by atoms with Crippen LogP contribution in [-0.4, -0.2) is 40.3 Å². The average Bonchev–Trinajstić information content (AvgIpc) is 3.31. The molecule has 1 aliphatic rings. The molecular weight excluding hydrogens is 439 g/mol. The van der Waals surface area contributed by atoms with Gasteiger partial charge in [0.05, 0.1) is 23.2 Å². The van der Waals surface area contributed by atoms with Crippen LogP contribution in [-0.2, 0) is 16.0 Å². The summed E-state index contributed by atoms with van der Waals surface area (Å²) in [7, 11) is 0. The summed E-state index contributed by atoms with van der Waals surface area (Å²) < 4.78 is 30.3. The molecule has 3 aromatic rings. The number of ether oxygens (including phenoxy) is 2. The van der Waals surface area contributed by atoms with E-state index in [-0.39, 0.29) is 35.4 Å². The molecule has 3 heterocycles. The van der Waals surface area contributed by atoms with Crippen LogP contribution in [0.4, 0.5) is 4.39 Å². The minimum absolute atomic E-state index is 0.00450. The second-order valence-corrected chi connectivity index (χ2v) is 7.77. The smallest absolute Gasteiger partial charge is 0.258 e. The lowest BCUT2D eigenvalue weighted by Gasteiger charge is -2.27. The molecule has 10 heteroatoms. The van der Waals surface area contributed by atoms with E-state index in [2.05, 4.69) is 20.5 Å². The Balaban J connectivity index is 1.24. The number of nitrogens with one attached hydrogen (secondary N) is 1. The third-order valence-electron chi connectivity index (χ3n) is 5.05. The molecule has 1 aliphatic heterocycles. The Morgan fingerprint density at radius 1 is 1.28 bits per heavy atom. The van der Waals surface area contributed by atoms with E-state index in [0.29, 0.717) is 31.2 Å². The van der Waals surface area contributed by atoms with Crippen LogP contribution in [0.5, 0.6) is 5.75 Å². The van der Waals surface area contributed by atoms with Crippen LogP contribution in [0, 0.1) is 5.82 Å². The summed E-state index contributed by atoms with van der Waals surface area (Å²) in [6.45, 7) is 2.10. The highest BCUT2D eigenvalue weighted by Crippen LogP contribution is 2.29. The van der Waals surface area contributed by atoms with Crippen molar-refractivity contribution < 1.29 is 23.1 Å². The standard InChI is InChI=1S/C22H22ClFN4O4/c1-2-14-4-3-13(10-25-14)21-27-28-22(32-21)19-8-5-15(11-31-19)26-20(29)12-30-16-6-7-17(23)18(24)9-16/h3-4,6-7,9-10,15,19H,2,5,8,11-12H2,1H3,(H,26,29)/t15-,19+/m1/s1. The molecule has 2 atom stereocenters. The van der Waals surface area contributed by atoms with Gasteiger partial charge in [0, 0.05) is 18.0 Å². The zero-order chi connectivity index (χ0) is 22.5. The summed E-state index contributed by atoms with van der Waals surface area (Å²) >= 11 is 5.63. The number of amides is 1. The fourth-order valence-corrected chi connectivity index (χ4v) is 3.40. The van der Waals surface area contributed by atoms with Gasteiger partial charge in [0.1, 0.15) is 17.7 Å². The number of hydrogen-bond acceptors (Lipinski definition) is 7. The molecule has 1 N–H and O–H groups in total. The summed E-state index contributed by atoms with van der Waals surface area (Å²) in [4.78, 5) is 16.5. The fraction of sp³-hybridized carbons (Fsp3) is 0.364. The summed E-state index contributed by atoms with van der Waals surface area (Å²) in [6.07, 6.45) is 3.53. The third kappa shape index (κ3) is 5.41. The van der Waals surface area contributed by atoms with Gasteiger partial charge in [-0.1, -0.05) is 18.5 Å². The molecule has 32 heavy (non-hydrogen) atoms. The van der Waals surface area contributed by atoms with E-state index in [9.17, 15) is 9.18 Å². The van der Waals surface area contributed by atoms with Crippen molar-refractivity contribution in [3.8, 4) is 17.2 Å². The SMILES string of the molecule is CCc1ccc(-c2nnc([C@@H]3CC[C@@H](NC(=O)COc4ccc(Cl)c(F)c4)CO3)o2)cn1. The molecular formula is C22H22ClFN4O4. The molecule has 0 aliphatic carbocycles. The van der Waals surface area contributed by atoms with E-state index < -0.39 is 5.82 Å². The van der Waals surface area contributed by atoms with Gasteiger partial charge in [-0.25, -0.2) is 4.39 Å². The van der Waals surface area contributed by atoms with Crippen molar-refractivity contribution in [2.75, 3.05) is 13.2 Å². The molecule has 0 radical (unpaired) electrons. The lowest BCUT2D eigenvalue weighted by Crippen LogP contribution is -2.43. The van der Waals surface area contributed by atoms with Crippen LogP contribution in [0.25, 0.3) is 11.5 Å². The normalized spacial score (nSPS) is 18.3. The van der Waals surface area contributed by atoms with E-state index in [0.717, 1.165) is 23.7 Å². The number of benzene rings is 1. The second-order valence-electron chi connectivity index (χ2n) is 7.37. The molecule has 168 valence electrons. The zero-order valence-corrected chi connectivity index (χ0v) is 18.1. The van der Waals surface area contributed by atoms with Gasteiger partial charge in [0.15, 0.2) is 6.61 Å². The number of carbonyl (C=O) groups is 1. The molecule has 0 spiro atoms. The predicted molar refractivity (Wildman–Crippen MR) is 114 cm³/mol. The van der Waals surface area contributed by atoms with Crippen LogP contribution in [0.3, 0.4) is 0 Å². The quantitative estimate of drug-likeness (QED) is 0.570. The molecule has 4 rings (SSSR count). The van der Waals surface area contributed by atoms with E-state index in [1.165, 1.54) is 12.1 Å². The van der Waals surface area contributed by atoms with Crippen LogP contribution in [0.1, 0.15) is 37.5 Å². The van der Waals surface area contributed by atoms with Crippen LogP contribution >= 0.6 is 11.6 Å². The minimum Gasteiger partial charge on any atom is -0.484 e. The predicted octanol–water partition coefficient (Wildman–Crippen LogP) is 3.90. The lowest BCUT2D eigenvalue weighted by atomic mass is 10.0. The maximum Gasteiger partial charge on any atom is 0.258 e. The Hall–Kier alpha value is -3.04. The van der Waals surface area contributed by atoms with Crippen molar-refractivity contribution in [1.82, 2.24) is 20.5 Å². The molecule has 2 aromatic heterocycles. The first kappa shape index (κ1) is 22.2. The van der Waals surface area contributed by atoms with Gasteiger partial charge in [-0.3, -0.25) is 9.78 Å². The van der Waals surface area contributed by atoms with Crippen molar-refractivity contribution in [3.63, 3.8) is 0 Å². The summed E-state index contributed by atoms with van der Waals surface area (Å²) in [6, 6.07) is 7.67. The van der Waals surface area contributed by atoms with Gasteiger partial charge in [-0.2, -0.15) is 0 Å². The Morgan fingerprint density at radius 2 is 2.16 bits per heavy atom. The molecule has 1 saturated heterocycles. The highest BCUT2D eigenvalue weighted by atomic mass is 35.5. The third-order valence-corrected chi connectivity index (χ3v) is 5.36.